The second kappa shape index (κ2) is 12.3. The molecule has 1 aliphatic rings. The molecular formula is C25H36N4O3. The van der Waals surface area contributed by atoms with Crippen LogP contribution in [-0.4, -0.2) is 44.9 Å². The minimum Gasteiger partial charge on any atom is -0.497 e. The number of hydrogen-bond donors (Lipinski definition) is 2. The van der Waals surface area contributed by atoms with Gasteiger partial charge in [-0.3, -0.25) is 0 Å². The Labute approximate surface area is 191 Å². The molecular weight excluding hydrogens is 404 g/mol. The number of hydrogen-bond acceptors (Lipinski definition) is 5. The van der Waals surface area contributed by atoms with Gasteiger partial charge < -0.3 is 24.8 Å². The van der Waals surface area contributed by atoms with Gasteiger partial charge in [-0.1, -0.05) is 18.9 Å². The van der Waals surface area contributed by atoms with E-state index in [1.807, 2.05) is 42.6 Å². The maximum absolute atomic E-state index is 5.80. The number of methoxy groups -OCH3 is 2. The van der Waals surface area contributed by atoms with Crippen LogP contribution in [0, 0.1) is 5.41 Å². The lowest BCUT2D eigenvalue weighted by molar-refractivity contribution is 0.138. The third-order valence-corrected chi connectivity index (χ3v) is 5.97. The number of benzene rings is 1. The number of aliphatic imine (C=N–C) groups is 1. The van der Waals surface area contributed by atoms with Gasteiger partial charge in [0.05, 0.1) is 13.7 Å². The van der Waals surface area contributed by atoms with Crippen LogP contribution in [0.25, 0.3) is 0 Å². The van der Waals surface area contributed by atoms with Gasteiger partial charge in [0.25, 0.3) is 0 Å². The predicted octanol–water partition coefficient (Wildman–Crippen LogP) is 4.53. The van der Waals surface area contributed by atoms with Crippen molar-refractivity contribution in [2.75, 3.05) is 33.9 Å². The highest BCUT2D eigenvalue weighted by molar-refractivity contribution is 5.79. The van der Waals surface area contributed by atoms with Crippen LogP contribution in [0.5, 0.6) is 17.4 Å². The molecule has 0 aliphatic heterocycles. The highest BCUT2D eigenvalue weighted by Gasteiger charge is 2.33. The Morgan fingerprint density at radius 2 is 1.78 bits per heavy atom. The first kappa shape index (κ1) is 23.9. The van der Waals surface area contributed by atoms with Gasteiger partial charge in [-0.25, -0.2) is 9.98 Å². The fraction of sp³-hybridized carbons (Fsp3) is 0.520. The number of rotatable bonds is 11. The number of guanidine groups is 1. The molecule has 0 bridgehead atoms. The number of ether oxygens (including phenoxy) is 3. The summed E-state index contributed by atoms with van der Waals surface area (Å²) in [4.78, 5) is 9.17. The largest absolute Gasteiger partial charge is 0.497 e. The Bertz CT molecular complexity index is 831. The summed E-state index contributed by atoms with van der Waals surface area (Å²) in [6.45, 7) is 5.20. The second-order valence-electron chi connectivity index (χ2n) is 8.28. The number of nitrogens with one attached hydrogen (secondary N) is 2. The fourth-order valence-electron chi connectivity index (χ4n) is 4.07. The van der Waals surface area contributed by atoms with Crippen LogP contribution >= 0.6 is 0 Å². The summed E-state index contributed by atoms with van der Waals surface area (Å²) in [5.74, 6) is 2.90. The van der Waals surface area contributed by atoms with E-state index in [2.05, 4.69) is 22.5 Å². The molecule has 2 aromatic rings. The zero-order valence-electron chi connectivity index (χ0n) is 19.5. The quantitative estimate of drug-likeness (QED) is 0.395. The van der Waals surface area contributed by atoms with Crippen molar-refractivity contribution in [1.82, 2.24) is 15.6 Å². The normalized spacial score (nSPS) is 15.4. The molecule has 7 heteroatoms. The van der Waals surface area contributed by atoms with Crippen molar-refractivity contribution in [3.63, 3.8) is 0 Å². The fourth-order valence-corrected chi connectivity index (χ4v) is 4.07. The van der Waals surface area contributed by atoms with Crippen molar-refractivity contribution in [3.05, 3.63) is 48.2 Å². The van der Waals surface area contributed by atoms with E-state index < -0.39 is 0 Å². The third-order valence-electron chi connectivity index (χ3n) is 5.97. The molecule has 1 aromatic carbocycles. The average Bonchev–Trinajstić information content (AvgIpc) is 3.30. The van der Waals surface area contributed by atoms with E-state index in [1.165, 1.54) is 25.7 Å². The Morgan fingerprint density at radius 1 is 1.03 bits per heavy atom. The van der Waals surface area contributed by atoms with E-state index in [0.29, 0.717) is 17.8 Å². The summed E-state index contributed by atoms with van der Waals surface area (Å²) in [6.07, 6.45) is 8.01. The molecule has 1 aromatic heterocycles. The molecule has 0 amide bonds. The zero-order chi connectivity index (χ0) is 22.7. The number of pyridine rings is 1. The first-order valence-electron chi connectivity index (χ1n) is 11.4. The minimum absolute atomic E-state index is 0.314. The maximum Gasteiger partial charge on any atom is 0.219 e. The van der Waals surface area contributed by atoms with Gasteiger partial charge in [-0.15, -0.1) is 0 Å². The maximum atomic E-state index is 5.80. The van der Waals surface area contributed by atoms with Crippen molar-refractivity contribution in [2.24, 2.45) is 10.4 Å². The van der Waals surface area contributed by atoms with E-state index >= 15 is 0 Å². The van der Waals surface area contributed by atoms with E-state index in [1.54, 1.807) is 14.2 Å². The molecule has 1 fully saturated rings. The van der Waals surface area contributed by atoms with Crippen molar-refractivity contribution >= 4 is 5.96 Å². The molecule has 0 atom stereocenters. The van der Waals surface area contributed by atoms with Crippen LogP contribution in [0.3, 0.4) is 0 Å². The molecule has 0 unspecified atom stereocenters. The van der Waals surface area contributed by atoms with Crippen LogP contribution in [0.4, 0.5) is 0 Å². The summed E-state index contributed by atoms with van der Waals surface area (Å²) in [7, 11) is 3.42. The molecule has 174 valence electrons. The Morgan fingerprint density at radius 3 is 2.41 bits per heavy atom. The van der Waals surface area contributed by atoms with Gasteiger partial charge in [0.2, 0.25) is 5.88 Å². The lowest BCUT2D eigenvalue weighted by Crippen LogP contribution is -2.43. The van der Waals surface area contributed by atoms with Gasteiger partial charge in [0.1, 0.15) is 11.5 Å². The van der Waals surface area contributed by atoms with Gasteiger partial charge in [-0.05, 0) is 61.4 Å². The highest BCUT2D eigenvalue weighted by Crippen LogP contribution is 2.40. The molecule has 0 saturated heterocycles. The van der Waals surface area contributed by atoms with E-state index in [-0.39, 0.29) is 0 Å². The topological polar surface area (TPSA) is 77.0 Å². The monoisotopic (exact) mass is 440 g/mol. The Kier molecular flexibility index (Phi) is 9.16. The van der Waals surface area contributed by atoms with Gasteiger partial charge in [-0.2, -0.15) is 0 Å². The number of nitrogens with zero attached hydrogens (tertiary/aromatic N) is 2. The highest BCUT2D eigenvalue weighted by atomic mass is 16.5. The lowest BCUT2D eigenvalue weighted by Gasteiger charge is -2.30. The molecule has 1 heterocycles. The molecule has 2 N–H and O–H groups in total. The summed E-state index contributed by atoms with van der Waals surface area (Å²) < 4.78 is 16.3. The van der Waals surface area contributed by atoms with Crippen LogP contribution in [-0.2, 0) is 11.3 Å². The lowest BCUT2D eigenvalue weighted by atomic mass is 9.83. The van der Waals surface area contributed by atoms with E-state index in [4.69, 9.17) is 19.2 Å². The average molecular weight is 441 g/mol. The summed E-state index contributed by atoms with van der Waals surface area (Å²) in [6, 6.07) is 11.3. The first-order valence-corrected chi connectivity index (χ1v) is 11.4. The summed E-state index contributed by atoms with van der Waals surface area (Å²) >= 11 is 0. The Hall–Kier alpha value is -2.80. The SMILES string of the molecule is CCNC(=NCc1ccc(Oc2ccc(OC)cc2)nc1)NCC1(CCOC)CCCC1. The molecule has 32 heavy (non-hydrogen) atoms. The standard InChI is InChI=1S/C25H36N4O3/c1-4-26-24(29-19-25(15-16-30-2)13-5-6-14-25)28-18-20-7-12-23(27-17-20)32-22-10-8-21(31-3)9-11-22/h7-12,17H,4-6,13-16,18-19H2,1-3H3,(H2,26,28,29). The van der Waals surface area contributed by atoms with Crippen molar-refractivity contribution in [3.8, 4) is 17.4 Å². The summed E-state index contributed by atoms with van der Waals surface area (Å²) in [5, 5.41) is 6.92. The van der Waals surface area contributed by atoms with E-state index in [9.17, 15) is 0 Å². The van der Waals surface area contributed by atoms with E-state index in [0.717, 1.165) is 49.1 Å². The predicted molar refractivity (Wildman–Crippen MR) is 128 cm³/mol. The molecule has 1 saturated carbocycles. The molecule has 0 spiro atoms. The van der Waals surface area contributed by atoms with Gasteiger partial charge in [0, 0.05) is 39.1 Å². The summed E-state index contributed by atoms with van der Waals surface area (Å²) in [5.41, 5.74) is 1.34. The van der Waals surface area contributed by atoms with Crippen LogP contribution in [0.2, 0.25) is 0 Å². The van der Waals surface area contributed by atoms with Crippen molar-refractivity contribution < 1.29 is 14.2 Å². The first-order chi connectivity index (χ1) is 15.7. The van der Waals surface area contributed by atoms with Crippen LogP contribution < -0.4 is 20.1 Å². The molecule has 3 rings (SSSR count). The minimum atomic E-state index is 0.314. The molecule has 1 aliphatic carbocycles. The third kappa shape index (κ3) is 7.12. The van der Waals surface area contributed by atoms with Crippen molar-refractivity contribution in [2.45, 2.75) is 45.6 Å². The van der Waals surface area contributed by atoms with Crippen molar-refractivity contribution in [1.29, 1.82) is 0 Å². The Balaban J connectivity index is 1.55. The van der Waals surface area contributed by atoms with Gasteiger partial charge in [0.15, 0.2) is 5.96 Å². The van der Waals surface area contributed by atoms with Crippen LogP contribution in [0.1, 0.15) is 44.6 Å². The smallest absolute Gasteiger partial charge is 0.219 e. The van der Waals surface area contributed by atoms with Crippen LogP contribution in [0.15, 0.2) is 47.6 Å². The molecule has 7 nitrogen and oxygen atoms in total. The zero-order valence-corrected chi connectivity index (χ0v) is 19.5. The van der Waals surface area contributed by atoms with Gasteiger partial charge >= 0.3 is 0 Å². The molecule has 0 radical (unpaired) electrons. The number of aromatic nitrogens is 1. The second-order valence-corrected chi connectivity index (χ2v) is 8.28.